The Labute approximate surface area is 134 Å². The van der Waals surface area contributed by atoms with E-state index in [1.54, 1.807) is 19.0 Å². The number of piperazine rings is 1. The lowest BCUT2D eigenvalue weighted by atomic mass is 10.1. The maximum absolute atomic E-state index is 13.0. The molecule has 0 aliphatic carbocycles. The van der Waals surface area contributed by atoms with Crippen molar-refractivity contribution in [2.45, 2.75) is 13.0 Å². The highest BCUT2D eigenvalue weighted by Crippen LogP contribution is 2.16. The van der Waals surface area contributed by atoms with E-state index < -0.39 is 11.9 Å². The Morgan fingerprint density at radius 1 is 1.13 bits per heavy atom. The summed E-state index contributed by atoms with van der Waals surface area (Å²) in [6, 6.07) is 4.47. The molecule has 23 heavy (non-hydrogen) atoms. The SMILES string of the molecule is CC(=O)N1CCN(C(=O)c2ccc(F)cc2)[C@H](C(=O)N(C)C)C1. The van der Waals surface area contributed by atoms with Gasteiger partial charge in [-0.05, 0) is 24.3 Å². The molecule has 124 valence electrons. The van der Waals surface area contributed by atoms with E-state index in [1.807, 2.05) is 0 Å². The van der Waals surface area contributed by atoms with Gasteiger partial charge < -0.3 is 14.7 Å². The van der Waals surface area contributed by atoms with Gasteiger partial charge in [0.25, 0.3) is 5.91 Å². The Bertz CT molecular complexity index is 616. The Morgan fingerprint density at radius 2 is 1.74 bits per heavy atom. The molecule has 1 saturated heterocycles. The Kier molecular flexibility index (Phi) is 4.98. The number of rotatable bonds is 2. The van der Waals surface area contributed by atoms with E-state index in [0.29, 0.717) is 12.1 Å². The largest absolute Gasteiger partial charge is 0.347 e. The van der Waals surface area contributed by atoms with Crippen LogP contribution < -0.4 is 0 Å². The molecule has 2 rings (SSSR count). The van der Waals surface area contributed by atoms with E-state index in [9.17, 15) is 18.8 Å². The molecule has 1 fully saturated rings. The lowest BCUT2D eigenvalue weighted by Gasteiger charge is -2.41. The van der Waals surface area contributed by atoms with Crippen LogP contribution in [0.25, 0.3) is 0 Å². The zero-order valence-electron chi connectivity index (χ0n) is 13.5. The first-order chi connectivity index (χ1) is 10.8. The van der Waals surface area contributed by atoms with Crippen LogP contribution in [0, 0.1) is 5.82 Å². The van der Waals surface area contributed by atoms with Crippen molar-refractivity contribution in [1.29, 1.82) is 0 Å². The fraction of sp³-hybridized carbons (Fsp3) is 0.438. The van der Waals surface area contributed by atoms with Gasteiger partial charge in [0.2, 0.25) is 11.8 Å². The van der Waals surface area contributed by atoms with Gasteiger partial charge in [-0.3, -0.25) is 14.4 Å². The number of nitrogens with zero attached hydrogens (tertiary/aromatic N) is 3. The third kappa shape index (κ3) is 3.67. The van der Waals surface area contributed by atoms with Crippen molar-refractivity contribution < 1.29 is 18.8 Å². The highest BCUT2D eigenvalue weighted by atomic mass is 19.1. The first-order valence-electron chi connectivity index (χ1n) is 7.34. The molecule has 1 aliphatic heterocycles. The number of hydrogen-bond donors (Lipinski definition) is 0. The van der Waals surface area contributed by atoms with E-state index in [4.69, 9.17) is 0 Å². The quantitative estimate of drug-likeness (QED) is 0.801. The molecule has 1 aromatic rings. The molecule has 0 unspecified atom stereocenters. The van der Waals surface area contributed by atoms with Crippen molar-refractivity contribution in [2.24, 2.45) is 0 Å². The second-order valence-electron chi connectivity index (χ2n) is 5.72. The molecular weight excluding hydrogens is 301 g/mol. The van der Waals surface area contributed by atoms with Gasteiger partial charge in [0.15, 0.2) is 0 Å². The minimum Gasteiger partial charge on any atom is -0.347 e. The normalized spacial score (nSPS) is 17.8. The summed E-state index contributed by atoms with van der Waals surface area (Å²) in [4.78, 5) is 41.0. The first-order valence-corrected chi connectivity index (χ1v) is 7.34. The number of amides is 3. The number of benzene rings is 1. The second kappa shape index (κ2) is 6.76. The van der Waals surface area contributed by atoms with Gasteiger partial charge >= 0.3 is 0 Å². The minimum absolute atomic E-state index is 0.129. The van der Waals surface area contributed by atoms with E-state index in [2.05, 4.69) is 0 Å². The Hall–Kier alpha value is -2.44. The predicted molar refractivity (Wildman–Crippen MR) is 82.2 cm³/mol. The molecule has 3 amide bonds. The summed E-state index contributed by atoms with van der Waals surface area (Å²) in [7, 11) is 3.21. The fourth-order valence-electron chi connectivity index (χ4n) is 2.58. The summed E-state index contributed by atoms with van der Waals surface area (Å²) >= 11 is 0. The van der Waals surface area contributed by atoms with E-state index in [0.717, 1.165) is 0 Å². The second-order valence-corrected chi connectivity index (χ2v) is 5.72. The van der Waals surface area contributed by atoms with E-state index in [-0.39, 0.29) is 30.8 Å². The molecule has 1 heterocycles. The molecule has 0 bridgehead atoms. The molecule has 0 saturated carbocycles. The lowest BCUT2D eigenvalue weighted by Crippen LogP contribution is -2.61. The summed E-state index contributed by atoms with van der Waals surface area (Å²) in [5.41, 5.74) is 0.319. The number of carbonyl (C=O) groups excluding carboxylic acids is 3. The molecule has 0 aromatic heterocycles. The summed E-state index contributed by atoms with van der Waals surface area (Å²) in [6.07, 6.45) is 0. The van der Waals surface area contributed by atoms with Gasteiger partial charge in [0, 0.05) is 39.7 Å². The van der Waals surface area contributed by atoms with Crippen LogP contribution in [0.15, 0.2) is 24.3 Å². The zero-order chi connectivity index (χ0) is 17.1. The van der Waals surface area contributed by atoms with Crippen molar-refractivity contribution in [1.82, 2.24) is 14.7 Å². The average Bonchev–Trinajstić information content (AvgIpc) is 2.53. The molecule has 1 aliphatic rings. The van der Waals surface area contributed by atoms with Crippen molar-refractivity contribution in [3.05, 3.63) is 35.6 Å². The van der Waals surface area contributed by atoms with Crippen molar-refractivity contribution in [2.75, 3.05) is 33.7 Å². The Balaban J connectivity index is 2.27. The summed E-state index contributed by atoms with van der Waals surface area (Å²) in [6.45, 7) is 2.24. The van der Waals surface area contributed by atoms with Gasteiger partial charge in [-0.15, -0.1) is 0 Å². The predicted octanol–water partition coefficient (Wildman–Crippen LogP) is 0.587. The molecule has 0 spiro atoms. The zero-order valence-corrected chi connectivity index (χ0v) is 13.5. The third-order valence-electron chi connectivity index (χ3n) is 3.90. The molecule has 1 atom stereocenters. The highest BCUT2D eigenvalue weighted by Gasteiger charge is 2.37. The third-order valence-corrected chi connectivity index (χ3v) is 3.90. The van der Waals surface area contributed by atoms with E-state index >= 15 is 0 Å². The minimum atomic E-state index is -0.736. The topological polar surface area (TPSA) is 60.9 Å². The molecule has 6 nitrogen and oxygen atoms in total. The summed E-state index contributed by atoms with van der Waals surface area (Å²) < 4.78 is 13.0. The smallest absolute Gasteiger partial charge is 0.254 e. The fourth-order valence-corrected chi connectivity index (χ4v) is 2.58. The van der Waals surface area contributed by atoms with Gasteiger partial charge in [-0.2, -0.15) is 0 Å². The maximum Gasteiger partial charge on any atom is 0.254 e. The number of carbonyl (C=O) groups is 3. The maximum atomic E-state index is 13.0. The van der Waals surface area contributed by atoms with E-state index in [1.165, 1.54) is 41.0 Å². The van der Waals surface area contributed by atoms with Crippen LogP contribution in [-0.4, -0.2) is 72.2 Å². The van der Waals surface area contributed by atoms with Crippen LogP contribution in [0.2, 0.25) is 0 Å². The standard InChI is InChI=1S/C16H20FN3O3/c1-11(21)19-8-9-20(14(10-19)16(23)18(2)3)15(22)12-4-6-13(17)7-5-12/h4-7,14H,8-10H2,1-3H3/t14-/m0/s1. The van der Waals surface area contributed by atoms with Crippen LogP contribution in [0.4, 0.5) is 4.39 Å². The van der Waals surface area contributed by atoms with Crippen molar-refractivity contribution in [3.63, 3.8) is 0 Å². The monoisotopic (exact) mass is 321 g/mol. The first kappa shape index (κ1) is 16.9. The van der Waals surface area contributed by atoms with Crippen LogP contribution in [0.3, 0.4) is 0 Å². The molecule has 1 aromatic carbocycles. The van der Waals surface area contributed by atoms with Gasteiger partial charge in [-0.25, -0.2) is 4.39 Å². The molecule has 0 radical (unpaired) electrons. The number of hydrogen-bond acceptors (Lipinski definition) is 3. The highest BCUT2D eigenvalue weighted by molar-refractivity contribution is 5.98. The molecule has 7 heteroatoms. The van der Waals surface area contributed by atoms with Gasteiger partial charge in [0.1, 0.15) is 11.9 Å². The van der Waals surface area contributed by atoms with Crippen LogP contribution in [-0.2, 0) is 9.59 Å². The average molecular weight is 321 g/mol. The lowest BCUT2D eigenvalue weighted by molar-refractivity contribution is -0.139. The van der Waals surface area contributed by atoms with Crippen LogP contribution in [0.5, 0.6) is 0 Å². The van der Waals surface area contributed by atoms with Crippen LogP contribution in [0.1, 0.15) is 17.3 Å². The molecular formula is C16H20FN3O3. The molecule has 0 N–H and O–H groups in total. The van der Waals surface area contributed by atoms with Gasteiger partial charge in [-0.1, -0.05) is 0 Å². The summed E-state index contributed by atoms with van der Waals surface area (Å²) in [5, 5.41) is 0. The number of likely N-dealkylation sites (N-methyl/N-ethyl adjacent to an activating group) is 1. The van der Waals surface area contributed by atoms with Crippen molar-refractivity contribution in [3.8, 4) is 0 Å². The van der Waals surface area contributed by atoms with Gasteiger partial charge in [0.05, 0.1) is 6.54 Å². The summed E-state index contributed by atoms with van der Waals surface area (Å²) in [5.74, 6) is -1.14. The Morgan fingerprint density at radius 3 is 2.26 bits per heavy atom. The van der Waals surface area contributed by atoms with Crippen LogP contribution >= 0.6 is 0 Å². The van der Waals surface area contributed by atoms with Crippen molar-refractivity contribution >= 4 is 17.7 Å². The number of halogens is 1.